The van der Waals surface area contributed by atoms with Crippen molar-refractivity contribution in [1.82, 2.24) is 0 Å². The van der Waals surface area contributed by atoms with Crippen molar-refractivity contribution in [3.63, 3.8) is 0 Å². The smallest absolute Gasteiger partial charge is 0.0156 e. The molecule has 0 aliphatic heterocycles. The van der Waals surface area contributed by atoms with Crippen LogP contribution in [0.2, 0.25) is 0 Å². The average Bonchev–Trinajstić information content (AvgIpc) is 2.71. The lowest BCUT2D eigenvalue weighted by atomic mass is 9.97. The van der Waals surface area contributed by atoms with E-state index in [1.165, 1.54) is 89.9 Å². The minimum absolute atomic E-state index is 0.372. The SMILES string of the molecule is C#CC#CC#CC(C)C.CCCCCCC(C)CCCC.CCCCCCCC. The van der Waals surface area contributed by atoms with Crippen LogP contribution in [0.5, 0.6) is 0 Å². The first-order valence-corrected chi connectivity index (χ1v) is 12.5. The highest BCUT2D eigenvalue weighted by molar-refractivity contribution is 5.33. The van der Waals surface area contributed by atoms with E-state index in [4.69, 9.17) is 6.42 Å². The molecule has 0 fully saturated rings. The number of unbranched alkanes of at least 4 members (excludes halogenated alkanes) is 9. The van der Waals surface area contributed by atoms with Gasteiger partial charge in [-0.25, -0.2) is 0 Å². The summed E-state index contributed by atoms with van der Waals surface area (Å²) < 4.78 is 0. The standard InChI is InChI=1S/C12H26.C9H8.C8H18/c1-4-6-8-9-11-12(3)10-7-5-2;1-4-5-6-7-8-9(2)3;1-3-5-7-8-6-4-2/h12H,4-11H2,1-3H3;1,9H,2-3H3;3-8H2,1-2H3. The molecule has 0 N–H and O–H groups in total. The van der Waals surface area contributed by atoms with Crippen LogP contribution in [0.25, 0.3) is 0 Å². The largest absolute Gasteiger partial charge is 0.106 e. The molecule has 0 rings (SSSR count). The first kappa shape index (κ1) is 32.3. The maximum absolute atomic E-state index is 4.85. The van der Waals surface area contributed by atoms with Gasteiger partial charge in [0, 0.05) is 5.92 Å². The van der Waals surface area contributed by atoms with Gasteiger partial charge in [0.2, 0.25) is 0 Å². The lowest BCUT2D eigenvalue weighted by Crippen LogP contribution is -1.94. The van der Waals surface area contributed by atoms with Gasteiger partial charge in [0.1, 0.15) is 0 Å². The summed E-state index contributed by atoms with van der Waals surface area (Å²) in [6.07, 6.45) is 24.7. The van der Waals surface area contributed by atoms with Crippen LogP contribution in [0, 0.1) is 47.9 Å². The van der Waals surface area contributed by atoms with Gasteiger partial charge >= 0.3 is 0 Å². The Morgan fingerprint density at radius 2 is 1.00 bits per heavy atom. The Morgan fingerprint density at radius 1 is 0.552 bits per heavy atom. The summed E-state index contributed by atoms with van der Waals surface area (Å²) in [6.45, 7) is 15.5. The van der Waals surface area contributed by atoms with Gasteiger partial charge in [-0.15, -0.1) is 6.42 Å². The maximum atomic E-state index is 4.85. The van der Waals surface area contributed by atoms with Gasteiger partial charge in [0.05, 0.1) is 0 Å². The molecular formula is C29H52. The van der Waals surface area contributed by atoms with Crippen LogP contribution in [0.1, 0.15) is 138 Å². The third-order valence-corrected chi connectivity index (χ3v) is 4.62. The molecule has 0 amide bonds. The number of terminal acetylenes is 1. The Labute approximate surface area is 186 Å². The predicted molar refractivity (Wildman–Crippen MR) is 136 cm³/mol. The average molecular weight is 401 g/mol. The van der Waals surface area contributed by atoms with Gasteiger partial charge in [0.25, 0.3) is 0 Å². The van der Waals surface area contributed by atoms with E-state index in [0.29, 0.717) is 5.92 Å². The van der Waals surface area contributed by atoms with Crippen LogP contribution in [-0.2, 0) is 0 Å². The van der Waals surface area contributed by atoms with Crippen molar-refractivity contribution in [2.75, 3.05) is 0 Å². The van der Waals surface area contributed by atoms with Crippen molar-refractivity contribution in [1.29, 1.82) is 0 Å². The summed E-state index contributed by atoms with van der Waals surface area (Å²) in [5, 5.41) is 0. The second-order valence-corrected chi connectivity index (χ2v) is 8.33. The minimum Gasteiger partial charge on any atom is -0.106 e. The zero-order valence-corrected chi connectivity index (χ0v) is 21.1. The van der Waals surface area contributed by atoms with Crippen LogP contribution in [0.4, 0.5) is 0 Å². The van der Waals surface area contributed by atoms with E-state index < -0.39 is 0 Å². The molecule has 0 heteroatoms. The molecule has 0 aromatic heterocycles. The van der Waals surface area contributed by atoms with Crippen molar-refractivity contribution in [3.8, 4) is 36.0 Å². The molecule has 0 radical (unpaired) electrons. The van der Waals surface area contributed by atoms with Gasteiger partial charge in [-0.1, -0.05) is 144 Å². The van der Waals surface area contributed by atoms with Crippen molar-refractivity contribution in [2.45, 2.75) is 138 Å². The molecule has 0 aliphatic carbocycles. The topological polar surface area (TPSA) is 0 Å². The summed E-state index contributed by atoms with van der Waals surface area (Å²) in [5.74, 6) is 13.9. The zero-order valence-electron chi connectivity index (χ0n) is 21.1. The molecule has 1 atom stereocenters. The zero-order chi connectivity index (χ0) is 22.6. The first-order chi connectivity index (χ1) is 14.0. The van der Waals surface area contributed by atoms with E-state index in [9.17, 15) is 0 Å². The second kappa shape index (κ2) is 31.4. The van der Waals surface area contributed by atoms with Crippen molar-refractivity contribution in [2.24, 2.45) is 11.8 Å². The quantitative estimate of drug-likeness (QED) is 0.213. The van der Waals surface area contributed by atoms with Crippen LogP contribution in [-0.4, -0.2) is 0 Å². The lowest BCUT2D eigenvalue weighted by Gasteiger charge is -2.09. The second-order valence-electron chi connectivity index (χ2n) is 8.33. The molecule has 0 heterocycles. The molecule has 0 aromatic rings. The van der Waals surface area contributed by atoms with E-state index in [1.54, 1.807) is 0 Å². The Kier molecular flexibility index (Phi) is 35.0. The fourth-order valence-electron chi connectivity index (χ4n) is 2.72. The highest BCUT2D eigenvalue weighted by atomic mass is 14.1. The third kappa shape index (κ3) is 42.0. The molecule has 0 aliphatic rings. The predicted octanol–water partition coefficient (Wildman–Crippen LogP) is 9.43. The van der Waals surface area contributed by atoms with Gasteiger partial charge in [-0.05, 0) is 29.6 Å². The summed E-state index contributed by atoms with van der Waals surface area (Å²) in [6, 6.07) is 0. The lowest BCUT2D eigenvalue weighted by molar-refractivity contribution is 0.445. The van der Waals surface area contributed by atoms with E-state index >= 15 is 0 Å². The van der Waals surface area contributed by atoms with Gasteiger partial charge < -0.3 is 0 Å². The summed E-state index contributed by atoms with van der Waals surface area (Å²) in [5.41, 5.74) is 0. The van der Waals surface area contributed by atoms with E-state index in [2.05, 4.69) is 64.2 Å². The molecule has 0 bridgehead atoms. The Hall–Kier alpha value is -1.32. The summed E-state index contributed by atoms with van der Waals surface area (Å²) >= 11 is 0. The van der Waals surface area contributed by atoms with Gasteiger partial charge in [-0.3, -0.25) is 0 Å². The molecular weight excluding hydrogens is 348 g/mol. The maximum Gasteiger partial charge on any atom is 0.0156 e. The molecule has 0 spiro atoms. The Balaban J connectivity index is -0.000000359. The minimum atomic E-state index is 0.372. The number of hydrogen-bond acceptors (Lipinski definition) is 0. The number of hydrogen-bond donors (Lipinski definition) is 0. The van der Waals surface area contributed by atoms with E-state index in [-0.39, 0.29) is 0 Å². The molecule has 0 saturated carbocycles. The highest BCUT2D eigenvalue weighted by Gasteiger charge is 2.00. The highest BCUT2D eigenvalue weighted by Crippen LogP contribution is 2.15. The van der Waals surface area contributed by atoms with Gasteiger partial charge in [-0.2, -0.15) is 0 Å². The molecule has 0 saturated heterocycles. The van der Waals surface area contributed by atoms with Crippen LogP contribution in [0.3, 0.4) is 0 Å². The summed E-state index contributed by atoms with van der Waals surface area (Å²) in [4.78, 5) is 0. The molecule has 29 heavy (non-hydrogen) atoms. The molecule has 0 aromatic carbocycles. The van der Waals surface area contributed by atoms with E-state index in [0.717, 1.165) is 5.92 Å². The Bertz CT molecular complexity index is 434. The van der Waals surface area contributed by atoms with Crippen LogP contribution >= 0.6 is 0 Å². The third-order valence-electron chi connectivity index (χ3n) is 4.62. The first-order valence-electron chi connectivity index (χ1n) is 12.5. The molecule has 0 nitrogen and oxygen atoms in total. The fourth-order valence-corrected chi connectivity index (χ4v) is 2.72. The van der Waals surface area contributed by atoms with Crippen LogP contribution in [0.15, 0.2) is 0 Å². The summed E-state index contributed by atoms with van der Waals surface area (Å²) in [7, 11) is 0. The monoisotopic (exact) mass is 400 g/mol. The van der Waals surface area contributed by atoms with Crippen molar-refractivity contribution >= 4 is 0 Å². The van der Waals surface area contributed by atoms with Gasteiger partial charge in [0.15, 0.2) is 0 Å². The normalized spacial score (nSPS) is 10.0. The van der Waals surface area contributed by atoms with E-state index in [1.807, 2.05) is 13.8 Å². The molecule has 168 valence electrons. The fraction of sp³-hybridized carbons (Fsp3) is 0.793. The van der Waals surface area contributed by atoms with Crippen molar-refractivity contribution < 1.29 is 0 Å². The Morgan fingerprint density at radius 3 is 1.41 bits per heavy atom. The van der Waals surface area contributed by atoms with Crippen LogP contribution < -0.4 is 0 Å². The molecule has 1 unspecified atom stereocenters. The van der Waals surface area contributed by atoms with Crippen molar-refractivity contribution in [3.05, 3.63) is 0 Å². The number of rotatable bonds is 13.